The first kappa shape index (κ1) is 29.7. The largest absolute Gasteiger partial charge is 0.508 e. The summed E-state index contributed by atoms with van der Waals surface area (Å²) in [6.45, 7) is 1.33. The van der Waals surface area contributed by atoms with Crippen molar-refractivity contribution in [3.63, 3.8) is 0 Å². The zero-order chi connectivity index (χ0) is 27.4. The predicted octanol–water partition coefficient (Wildman–Crippen LogP) is 0.817. The third kappa shape index (κ3) is 10.1. The standard InChI is InChI=1S/C26H34N4O6S/c1-16(26(35)36)28-24(33)21(12-13-37-2)29-25(34)22(15-18-8-10-19(31)11-9-18)30-23(32)20(27)14-17-6-4-3-5-7-17/h3-11,16,20-22,31H,12-15,27H2,1-2H3,(H,28,33)(H,29,34)(H,30,32)(H,35,36). The van der Waals surface area contributed by atoms with E-state index in [0.29, 0.717) is 11.3 Å². The van der Waals surface area contributed by atoms with Crippen molar-refractivity contribution in [2.75, 3.05) is 12.0 Å². The van der Waals surface area contributed by atoms with Crippen LogP contribution in [-0.2, 0) is 32.0 Å². The molecule has 200 valence electrons. The zero-order valence-electron chi connectivity index (χ0n) is 20.8. The van der Waals surface area contributed by atoms with Crippen LogP contribution in [0.2, 0.25) is 0 Å². The van der Waals surface area contributed by atoms with Crippen LogP contribution in [0.3, 0.4) is 0 Å². The van der Waals surface area contributed by atoms with Gasteiger partial charge < -0.3 is 31.9 Å². The van der Waals surface area contributed by atoms with E-state index in [2.05, 4.69) is 16.0 Å². The van der Waals surface area contributed by atoms with Gasteiger partial charge in [-0.05, 0) is 55.0 Å². The average molecular weight is 531 g/mol. The first-order valence-electron chi connectivity index (χ1n) is 11.8. The third-order valence-corrected chi connectivity index (χ3v) is 6.26. The van der Waals surface area contributed by atoms with Crippen LogP contribution < -0.4 is 21.7 Å². The molecule has 4 atom stereocenters. The van der Waals surface area contributed by atoms with Crippen LogP contribution in [0, 0.1) is 0 Å². The lowest BCUT2D eigenvalue weighted by atomic mass is 10.0. The number of rotatable bonds is 14. The molecular formula is C26H34N4O6S. The number of amides is 3. The van der Waals surface area contributed by atoms with Crippen LogP contribution in [0.25, 0.3) is 0 Å². The van der Waals surface area contributed by atoms with Crippen molar-refractivity contribution in [3.8, 4) is 5.75 Å². The number of aromatic hydroxyl groups is 1. The fourth-order valence-electron chi connectivity index (χ4n) is 3.47. The Bertz CT molecular complexity index is 1050. The number of thioether (sulfide) groups is 1. The summed E-state index contributed by atoms with van der Waals surface area (Å²) in [5.74, 6) is -2.39. The number of carbonyl (C=O) groups is 4. The number of phenolic OH excluding ortho intramolecular Hbond substituents is 1. The Kier molecular flexibility index (Phi) is 11.9. The molecule has 3 amide bonds. The van der Waals surface area contributed by atoms with Crippen LogP contribution in [0.5, 0.6) is 5.75 Å². The van der Waals surface area contributed by atoms with Crippen LogP contribution >= 0.6 is 11.8 Å². The molecule has 0 saturated heterocycles. The van der Waals surface area contributed by atoms with E-state index < -0.39 is 47.9 Å². The highest BCUT2D eigenvalue weighted by molar-refractivity contribution is 7.98. The number of phenols is 1. The van der Waals surface area contributed by atoms with Gasteiger partial charge in [-0.3, -0.25) is 19.2 Å². The van der Waals surface area contributed by atoms with Gasteiger partial charge in [0.15, 0.2) is 0 Å². The van der Waals surface area contributed by atoms with Crippen molar-refractivity contribution in [1.82, 2.24) is 16.0 Å². The number of benzene rings is 2. The Labute approximate surface area is 220 Å². The summed E-state index contributed by atoms with van der Waals surface area (Å²) in [6.07, 6.45) is 2.46. The van der Waals surface area contributed by atoms with Gasteiger partial charge in [0.25, 0.3) is 0 Å². The predicted molar refractivity (Wildman–Crippen MR) is 142 cm³/mol. The highest BCUT2D eigenvalue weighted by Gasteiger charge is 2.29. The molecule has 0 aromatic heterocycles. The Balaban J connectivity index is 2.19. The van der Waals surface area contributed by atoms with Crippen molar-refractivity contribution in [2.45, 2.75) is 50.4 Å². The van der Waals surface area contributed by atoms with Crippen molar-refractivity contribution >= 4 is 35.5 Å². The molecule has 0 bridgehead atoms. The maximum Gasteiger partial charge on any atom is 0.325 e. The van der Waals surface area contributed by atoms with Gasteiger partial charge in [-0.25, -0.2) is 0 Å². The number of carboxylic acids is 1. The van der Waals surface area contributed by atoms with Gasteiger partial charge in [-0.15, -0.1) is 0 Å². The van der Waals surface area contributed by atoms with Crippen LogP contribution in [0.4, 0.5) is 0 Å². The quantitative estimate of drug-likeness (QED) is 0.208. The van der Waals surface area contributed by atoms with Gasteiger partial charge in [0.05, 0.1) is 6.04 Å². The summed E-state index contributed by atoms with van der Waals surface area (Å²) in [4.78, 5) is 50.1. The zero-order valence-corrected chi connectivity index (χ0v) is 21.7. The van der Waals surface area contributed by atoms with Crippen LogP contribution in [0.15, 0.2) is 54.6 Å². The van der Waals surface area contributed by atoms with E-state index in [1.54, 1.807) is 12.1 Å². The Morgan fingerprint density at radius 2 is 1.41 bits per heavy atom. The van der Waals surface area contributed by atoms with E-state index in [0.717, 1.165) is 5.56 Å². The highest BCUT2D eigenvalue weighted by atomic mass is 32.2. The molecule has 10 nitrogen and oxygen atoms in total. The third-order valence-electron chi connectivity index (χ3n) is 5.62. The number of aliphatic carboxylic acids is 1. The van der Waals surface area contributed by atoms with E-state index in [9.17, 15) is 24.3 Å². The maximum atomic E-state index is 13.3. The summed E-state index contributed by atoms with van der Waals surface area (Å²) in [5, 5.41) is 26.4. The molecule has 0 fully saturated rings. The number of carbonyl (C=O) groups excluding carboxylic acids is 3. The molecule has 11 heteroatoms. The molecule has 0 heterocycles. The monoisotopic (exact) mass is 530 g/mol. The lowest BCUT2D eigenvalue weighted by Gasteiger charge is -2.25. The molecule has 2 aromatic rings. The van der Waals surface area contributed by atoms with Crippen LogP contribution in [0.1, 0.15) is 24.5 Å². The topological polar surface area (TPSA) is 171 Å². The fraction of sp³-hybridized carbons (Fsp3) is 0.385. The molecule has 0 saturated carbocycles. The summed E-state index contributed by atoms with van der Waals surface area (Å²) in [7, 11) is 0. The minimum absolute atomic E-state index is 0.0556. The molecule has 2 aromatic carbocycles. The summed E-state index contributed by atoms with van der Waals surface area (Å²) in [6, 6.07) is 11.3. The van der Waals surface area contributed by atoms with E-state index in [1.807, 2.05) is 36.6 Å². The Hall–Kier alpha value is -3.57. The van der Waals surface area contributed by atoms with Gasteiger partial charge in [0.1, 0.15) is 23.9 Å². The number of carboxylic acid groups (broad SMARTS) is 1. The normalized spacial score (nSPS) is 14.0. The average Bonchev–Trinajstić information content (AvgIpc) is 2.87. The second-order valence-corrected chi connectivity index (χ2v) is 9.62. The maximum absolute atomic E-state index is 13.3. The van der Waals surface area contributed by atoms with Gasteiger partial charge in [0.2, 0.25) is 17.7 Å². The molecule has 7 N–H and O–H groups in total. The SMILES string of the molecule is CSCCC(NC(=O)C(Cc1ccc(O)cc1)NC(=O)C(N)Cc1ccccc1)C(=O)NC(C)C(=O)O. The van der Waals surface area contributed by atoms with Crippen molar-refractivity contribution in [3.05, 3.63) is 65.7 Å². The second-order valence-electron chi connectivity index (χ2n) is 8.64. The number of hydrogen-bond acceptors (Lipinski definition) is 7. The molecular weight excluding hydrogens is 496 g/mol. The van der Waals surface area contributed by atoms with Crippen LogP contribution in [-0.4, -0.2) is 70.1 Å². The first-order chi connectivity index (χ1) is 17.6. The lowest BCUT2D eigenvalue weighted by Crippen LogP contribution is -2.57. The summed E-state index contributed by atoms with van der Waals surface area (Å²) >= 11 is 1.47. The minimum atomic E-state index is -1.20. The van der Waals surface area contributed by atoms with Crippen molar-refractivity contribution < 1.29 is 29.4 Å². The molecule has 0 aliphatic heterocycles. The van der Waals surface area contributed by atoms with Gasteiger partial charge in [-0.2, -0.15) is 11.8 Å². The highest BCUT2D eigenvalue weighted by Crippen LogP contribution is 2.12. The Morgan fingerprint density at radius 1 is 0.838 bits per heavy atom. The number of hydrogen-bond donors (Lipinski definition) is 6. The minimum Gasteiger partial charge on any atom is -0.508 e. The number of nitrogens with two attached hydrogens (primary N) is 1. The molecule has 0 spiro atoms. The van der Waals surface area contributed by atoms with Gasteiger partial charge >= 0.3 is 5.97 Å². The Morgan fingerprint density at radius 3 is 2.00 bits per heavy atom. The second kappa shape index (κ2) is 14.9. The first-order valence-corrected chi connectivity index (χ1v) is 13.2. The molecule has 0 aliphatic rings. The van der Waals surface area contributed by atoms with Gasteiger partial charge in [-0.1, -0.05) is 42.5 Å². The molecule has 37 heavy (non-hydrogen) atoms. The van der Waals surface area contributed by atoms with E-state index in [-0.39, 0.29) is 25.0 Å². The molecule has 4 unspecified atom stereocenters. The lowest BCUT2D eigenvalue weighted by molar-refractivity contribution is -0.141. The smallest absolute Gasteiger partial charge is 0.325 e. The van der Waals surface area contributed by atoms with E-state index in [4.69, 9.17) is 10.8 Å². The van der Waals surface area contributed by atoms with Crippen molar-refractivity contribution in [2.24, 2.45) is 5.73 Å². The van der Waals surface area contributed by atoms with Crippen molar-refractivity contribution in [1.29, 1.82) is 0 Å². The molecule has 2 rings (SSSR count). The van der Waals surface area contributed by atoms with Gasteiger partial charge in [0, 0.05) is 6.42 Å². The van der Waals surface area contributed by atoms with E-state index in [1.165, 1.54) is 30.8 Å². The van der Waals surface area contributed by atoms with E-state index >= 15 is 0 Å². The fourth-order valence-corrected chi connectivity index (χ4v) is 3.94. The summed E-state index contributed by atoms with van der Waals surface area (Å²) in [5.41, 5.74) is 7.64. The summed E-state index contributed by atoms with van der Waals surface area (Å²) < 4.78 is 0. The molecule has 0 radical (unpaired) electrons. The number of nitrogens with one attached hydrogen (secondary N) is 3. The molecule has 0 aliphatic carbocycles.